The summed E-state index contributed by atoms with van der Waals surface area (Å²) in [6.07, 6.45) is 1.07. The van der Waals surface area contributed by atoms with E-state index in [2.05, 4.69) is 39.0 Å². The highest BCUT2D eigenvalue weighted by Gasteiger charge is 2.17. The van der Waals surface area contributed by atoms with Gasteiger partial charge in [0.2, 0.25) is 0 Å². The molecule has 0 bridgehead atoms. The monoisotopic (exact) mass is 217 g/mol. The summed E-state index contributed by atoms with van der Waals surface area (Å²) in [4.78, 5) is 0. The predicted octanol–water partition coefficient (Wildman–Crippen LogP) is 3.79. The van der Waals surface area contributed by atoms with Crippen molar-refractivity contribution in [2.24, 2.45) is 11.7 Å². The number of nitrogens with two attached hydrogens (primary N) is 1. The first-order valence-corrected chi connectivity index (χ1v) is 5.87. The predicted molar refractivity (Wildman–Crippen MR) is 67.3 cm³/mol. The fourth-order valence-corrected chi connectivity index (χ4v) is 1.88. The summed E-state index contributed by atoms with van der Waals surface area (Å²) >= 11 is 0. The molecular formula is C14H19NO. The van der Waals surface area contributed by atoms with Crippen LogP contribution >= 0.6 is 0 Å². The van der Waals surface area contributed by atoms with E-state index in [1.807, 2.05) is 6.07 Å². The third-order valence-electron chi connectivity index (χ3n) is 3.28. The summed E-state index contributed by atoms with van der Waals surface area (Å²) in [6, 6.07) is 8.27. The molecule has 2 aromatic rings. The molecule has 2 nitrogen and oxygen atoms in total. The molecule has 0 aliphatic heterocycles. The Balaban J connectivity index is 2.39. The van der Waals surface area contributed by atoms with Crippen LogP contribution in [0.2, 0.25) is 0 Å². The van der Waals surface area contributed by atoms with Crippen molar-refractivity contribution in [2.75, 3.05) is 0 Å². The quantitative estimate of drug-likeness (QED) is 0.849. The molecule has 2 heteroatoms. The highest BCUT2D eigenvalue weighted by atomic mass is 16.3. The molecule has 2 unspecified atom stereocenters. The number of rotatable bonds is 3. The fourth-order valence-electron chi connectivity index (χ4n) is 1.88. The molecule has 0 aliphatic rings. The van der Waals surface area contributed by atoms with E-state index in [0.29, 0.717) is 5.92 Å². The van der Waals surface area contributed by atoms with Gasteiger partial charge in [-0.2, -0.15) is 0 Å². The molecule has 1 aromatic carbocycles. The van der Waals surface area contributed by atoms with Crippen LogP contribution in [0.4, 0.5) is 0 Å². The number of furan rings is 1. The van der Waals surface area contributed by atoms with E-state index in [4.69, 9.17) is 10.2 Å². The zero-order valence-corrected chi connectivity index (χ0v) is 10.2. The van der Waals surface area contributed by atoms with E-state index in [1.165, 1.54) is 5.56 Å². The van der Waals surface area contributed by atoms with Gasteiger partial charge in [0.1, 0.15) is 11.3 Å². The number of hydrogen-bond acceptors (Lipinski definition) is 2. The molecule has 16 heavy (non-hydrogen) atoms. The number of benzene rings is 1. The van der Waals surface area contributed by atoms with Crippen molar-refractivity contribution in [2.45, 2.75) is 33.2 Å². The van der Waals surface area contributed by atoms with Crippen LogP contribution in [0.25, 0.3) is 11.0 Å². The van der Waals surface area contributed by atoms with Crippen LogP contribution in [-0.2, 0) is 0 Å². The molecule has 0 spiro atoms. The van der Waals surface area contributed by atoms with Gasteiger partial charge < -0.3 is 10.2 Å². The Kier molecular flexibility index (Phi) is 3.01. The summed E-state index contributed by atoms with van der Waals surface area (Å²) in [6.45, 7) is 6.39. The number of aryl methyl sites for hydroxylation is 1. The summed E-state index contributed by atoms with van der Waals surface area (Å²) in [5.41, 5.74) is 8.33. The molecule has 0 amide bonds. The molecule has 0 fully saturated rings. The van der Waals surface area contributed by atoms with Crippen molar-refractivity contribution < 1.29 is 4.42 Å². The van der Waals surface area contributed by atoms with Crippen molar-refractivity contribution in [3.05, 3.63) is 35.6 Å². The van der Waals surface area contributed by atoms with Crippen LogP contribution in [-0.4, -0.2) is 0 Å². The van der Waals surface area contributed by atoms with E-state index in [1.54, 1.807) is 0 Å². The third kappa shape index (κ3) is 1.98. The minimum atomic E-state index is -0.00212. The number of fused-ring (bicyclic) bond motifs is 1. The van der Waals surface area contributed by atoms with Crippen LogP contribution in [0, 0.1) is 12.8 Å². The maximum Gasteiger partial charge on any atom is 0.134 e. The highest BCUT2D eigenvalue weighted by molar-refractivity contribution is 5.78. The minimum Gasteiger partial charge on any atom is -0.459 e. The second-order valence-corrected chi connectivity index (χ2v) is 4.60. The third-order valence-corrected chi connectivity index (χ3v) is 3.28. The molecule has 1 aromatic heterocycles. The largest absolute Gasteiger partial charge is 0.459 e. The van der Waals surface area contributed by atoms with Gasteiger partial charge >= 0.3 is 0 Å². The molecule has 86 valence electrons. The lowest BCUT2D eigenvalue weighted by Crippen LogP contribution is -2.17. The van der Waals surface area contributed by atoms with Crippen molar-refractivity contribution in [1.82, 2.24) is 0 Å². The first kappa shape index (κ1) is 11.2. The molecule has 0 aliphatic carbocycles. The Labute approximate surface area is 96.4 Å². The minimum absolute atomic E-state index is 0.00212. The maximum absolute atomic E-state index is 6.16. The van der Waals surface area contributed by atoms with Gasteiger partial charge in [-0.3, -0.25) is 0 Å². The molecular weight excluding hydrogens is 198 g/mol. The highest BCUT2D eigenvalue weighted by Crippen LogP contribution is 2.28. The Hall–Kier alpha value is -1.28. The summed E-state index contributed by atoms with van der Waals surface area (Å²) < 4.78 is 5.78. The van der Waals surface area contributed by atoms with Gasteiger partial charge in [0, 0.05) is 5.39 Å². The molecule has 0 saturated heterocycles. The average Bonchev–Trinajstić information content (AvgIpc) is 2.69. The maximum atomic E-state index is 6.16. The Bertz CT molecular complexity index is 486. The molecule has 2 atom stereocenters. The zero-order chi connectivity index (χ0) is 11.7. The first-order valence-electron chi connectivity index (χ1n) is 5.87. The second kappa shape index (κ2) is 4.30. The van der Waals surface area contributed by atoms with Crippen LogP contribution in [0.5, 0.6) is 0 Å². The van der Waals surface area contributed by atoms with Crippen molar-refractivity contribution in [1.29, 1.82) is 0 Å². The lowest BCUT2D eigenvalue weighted by Gasteiger charge is -2.15. The topological polar surface area (TPSA) is 39.2 Å². The van der Waals surface area contributed by atoms with Crippen molar-refractivity contribution in [3.8, 4) is 0 Å². The summed E-state index contributed by atoms with van der Waals surface area (Å²) in [7, 11) is 0. The second-order valence-electron chi connectivity index (χ2n) is 4.60. The lowest BCUT2D eigenvalue weighted by atomic mass is 9.98. The van der Waals surface area contributed by atoms with Gasteiger partial charge in [-0.25, -0.2) is 0 Å². The Morgan fingerprint density at radius 3 is 2.75 bits per heavy atom. The van der Waals surface area contributed by atoms with E-state index in [0.717, 1.165) is 23.2 Å². The first-order chi connectivity index (χ1) is 7.61. The van der Waals surface area contributed by atoms with Crippen LogP contribution in [0.15, 0.2) is 28.7 Å². The lowest BCUT2D eigenvalue weighted by molar-refractivity contribution is 0.388. The van der Waals surface area contributed by atoms with Crippen molar-refractivity contribution >= 4 is 11.0 Å². The standard InChI is InChI=1S/C14H19NO/c1-4-10(3)14(15)13-8-11-7-9(2)5-6-12(11)16-13/h5-8,10,14H,4,15H2,1-3H3. The van der Waals surface area contributed by atoms with Gasteiger partial charge in [0.15, 0.2) is 0 Å². The SMILES string of the molecule is CCC(C)C(N)c1cc2cc(C)ccc2o1. The van der Waals surface area contributed by atoms with Gasteiger partial charge in [0.25, 0.3) is 0 Å². The van der Waals surface area contributed by atoms with E-state index in [-0.39, 0.29) is 6.04 Å². The average molecular weight is 217 g/mol. The van der Waals surface area contributed by atoms with E-state index >= 15 is 0 Å². The zero-order valence-electron chi connectivity index (χ0n) is 10.2. The number of hydrogen-bond donors (Lipinski definition) is 1. The smallest absolute Gasteiger partial charge is 0.134 e. The molecule has 1 heterocycles. The van der Waals surface area contributed by atoms with E-state index in [9.17, 15) is 0 Å². The van der Waals surface area contributed by atoms with E-state index < -0.39 is 0 Å². The van der Waals surface area contributed by atoms with Crippen molar-refractivity contribution in [3.63, 3.8) is 0 Å². The van der Waals surface area contributed by atoms with Gasteiger partial charge in [-0.05, 0) is 31.0 Å². The van der Waals surface area contributed by atoms with Crippen LogP contribution in [0.1, 0.15) is 37.6 Å². The summed E-state index contributed by atoms with van der Waals surface area (Å²) in [5, 5.41) is 1.15. The molecule has 0 radical (unpaired) electrons. The fraction of sp³-hybridized carbons (Fsp3) is 0.429. The molecule has 0 saturated carbocycles. The summed E-state index contributed by atoms with van der Waals surface area (Å²) in [5.74, 6) is 1.34. The van der Waals surface area contributed by atoms with Gasteiger partial charge in [-0.1, -0.05) is 31.9 Å². The van der Waals surface area contributed by atoms with Gasteiger partial charge in [-0.15, -0.1) is 0 Å². The Morgan fingerprint density at radius 2 is 2.06 bits per heavy atom. The Morgan fingerprint density at radius 1 is 1.31 bits per heavy atom. The molecule has 2 rings (SSSR count). The van der Waals surface area contributed by atoms with Gasteiger partial charge in [0.05, 0.1) is 6.04 Å². The normalized spacial score (nSPS) is 15.2. The van der Waals surface area contributed by atoms with Crippen LogP contribution in [0.3, 0.4) is 0 Å². The molecule has 2 N–H and O–H groups in total. The van der Waals surface area contributed by atoms with Crippen LogP contribution < -0.4 is 5.73 Å².